The van der Waals surface area contributed by atoms with Crippen molar-refractivity contribution in [2.24, 2.45) is 0 Å². The van der Waals surface area contributed by atoms with Gasteiger partial charge in [0.25, 0.3) is 0 Å². The standard InChI is InChI=1S/3C3H6.C3H5.CH4.2Rb.H/c4*1-3-2;;;;/h3*3H,1H2,2H3;1,3H,2H3;1H4;;;/q;;;-1;;2*+1;-1. The Morgan fingerprint density at radius 3 is 0.800 bits per heavy atom. The van der Waals surface area contributed by atoms with Crippen LogP contribution in [-0.4, -0.2) is 0 Å². The zero-order valence-corrected chi connectivity index (χ0v) is 20.8. The molecule has 2 heteroatoms. The first-order chi connectivity index (χ1) is 5.66. The van der Waals surface area contributed by atoms with Crippen molar-refractivity contribution in [3.05, 3.63) is 50.6 Å². The van der Waals surface area contributed by atoms with Gasteiger partial charge >= 0.3 is 116 Å². The van der Waals surface area contributed by atoms with Gasteiger partial charge in [0, 0.05) is 0 Å². The van der Waals surface area contributed by atoms with Crippen molar-refractivity contribution in [2.75, 3.05) is 0 Å². The molecule has 0 saturated carbocycles. The molecule has 0 atom stereocenters. The van der Waals surface area contributed by atoms with Crippen LogP contribution in [0.5, 0.6) is 0 Å². The van der Waals surface area contributed by atoms with Crippen molar-refractivity contribution in [1.29, 1.82) is 0 Å². The summed E-state index contributed by atoms with van der Waals surface area (Å²) in [5, 5.41) is 0. The van der Waals surface area contributed by atoms with Gasteiger partial charge in [-0.15, -0.1) is 19.7 Å². The molecule has 82 valence electrons. The van der Waals surface area contributed by atoms with Crippen LogP contribution in [0.15, 0.2) is 44.0 Å². The summed E-state index contributed by atoms with van der Waals surface area (Å²) in [6, 6.07) is 0. The minimum atomic E-state index is 0. The van der Waals surface area contributed by atoms with Crippen LogP contribution in [0.25, 0.3) is 0 Å². The van der Waals surface area contributed by atoms with Crippen molar-refractivity contribution in [1.82, 2.24) is 0 Å². The Kier molecular flexibility index (Phi) is 268. The van der Waals surface area contributed by atoms with Gasteiger partial charge < -0.3 is 8.01 Å². The third-order valence-electron chi connectivity index (χ3n) is 0. The third-order valence-corrected chi connectivity index (χ3v) is 0. The first-order valence-electron chi connectivity index (χ1n) is 3.87. The average Bonchev–Trinajstić information content (AvgIpc) is 1.92. The summed E-state index contributed by atoms with van der Waals surface area (Å²) >= 11 is 0. The van der Waals surface area contributed by atoms with Gasteiger partial charge in [-0.05, 0) is 20.8 Å². The summed E-state index contributed by atoms with van der Waals surface area (Å²) in [7, 11) is 0. The molecule has 0 aliphatic rings. The summed E-state index contributed by atoms with van der Waals surface area (Å²) in [6.45, 7) is 22.2. The maximum absolute atomic E-state index is 4.72. The number of hydrogen-bond donors (Lipinski definition) is 0. The van der Waals surface area contributed by atoms with Crippen molar-refractivity contribution < 1.29 is 118 Å². The van der Waals surface area contributed by atoms with Crippen molar-refractivity contribution >= 4 is 0 Å². The molecule has 0 aromatic carbocycles. The zero-order valence-electron chi connectivity index (χ0n) is 12.0. The zero-order chi connectivity index (χ0) is 10.8. The normalized spacial score (nSPS) is 3.47. The van der Waals surface area contributed by atoms with Gasteiger partial charge in [0.05, 0.1) is 0 Å². The molecule has 0 spiro atoms. The monoisotopic (exact) mass is 354 g/mol. The fourth-order valence-corrected chi connectivity index (χ4v) is 0. The first kappa shape index (κ1) is 43.2. The SMILES string of the molecule is C.C=CC.C=CC.C=CC.[CH-]=CC.[H-].[Rb+].[Rb+]. The number of allylic oxidation sites excluding steroid dienone is 4. The van der Waals surface area contributed by atoms with Crippen LogP contribution in [0.2, 0.25) is 0 Å². The molecular weight excluding hydrogens is 327 g/mol. The fraction of sp³-hybridized carbons (Fsp3) is 0.385. The molecule has 0 amide bonds. The Bertz CT molecular complexity index is 67.9. The fourth-order valence-electron chi connectivity index (χ4n) is 0. The quantitative estimate of drug-likeness (QED) is 0.400. The van der Waals surface area contributed by atoms with E-state index in [2.05, 4.69) is 19.7 Å². The molecule has 0 aromatic heterocycles. The molecule has 0 aliphatic carbocycles. The van der Waals surface area contributed by atoms with E-state index >= 15 is 0 Å². The van der Waals surface area contributed by atoms with Crippen LogP contribution in [0.3, 0.4) is 0 Å². The van der Waals surface area contributed by atoms with Gasteiger partial charge in [-0.3, -0.25) is 6.08 Å². The molecule has 0 unspecified atom stereocenters. The second kappa shape index (κ2) is 93.1. The molecule has 0 heterocycles. The van der Waals surface area contributed by atoms with E-state index < -0.39 is 0 Å². The summed E-state index contributed by atoms with van der Waals surface area (Å²) in [4.78, 5) is 0. The summed E-state index contributed by atoms with van der Waals surface area (Å²) in [6.07, 6.45) is 6.75. The van der Waals surface area contributed by atoms with Crippen LogP contribution >= 0.6 is 0 Å². The van der Waals surface area contributed by atoms with E-state index in [9.17, 15) is 0 Å². The van der Waals surface area contributed by atoms with E-state index in [0.29, 0.717) is 0 Å². The predicted octanol–water partition coefficient (Wildman–Crippen LogP) is -0.671. The Morgan fingerprint density at radius 1 is 0.800 bits per heavy atom. The Balaban J connectivity index is -0.00000000821. The second-order valence-electron chi connectivity index (χ2n) is 1.56. The van der Waals surface area contributed by atoms with Crippen molar-refractivity contribution in [3.63, 3.8) is 0 Å². The summed E-state index contributed by atoms with van der Waals surface area (Å²) < 4.78 is 0. The van der Waals surface area contributed by atoms with Crippen LogP contribution in [0, 0.1) is 6.58 Å². The molecule has 0 rings (SSSR count). The minimum Gasteiger partial charge on any atom is -1.00 e. The van der Waals surface area contributed by atoms with E-state index in [1.807, 2.05) is 20.8 Å². The van der Waals surface area contributed by atoms with Crippen LogP contribution in [0.1, 0.15) is 36.5 Å². The largest absolute Gasteiger partial charge is 1.00 e. The van der Waals surface area contributed by atoms with Crippen LogP contribution < -0.4 is 116 Å². The van der Waals surface area contributed by atoms with Gasteiger partial charge in [-0.25, -0.2) is 0 Å². The van der Waals surface area contributed by atoms with Gasteiger partial charge in [0.1, 0.15) is 0 Å². The molecule has 0 fully saturated rings. The topological polar surface area (TPSA) is 0 Å². The molecular formula is C13H28Rb2. The molecule has 15 heavy (non-hydrogen) atoms. The smallest absolute Gasteiger partial charge is 1.00 e. The van der Waals surface area contributed by atoms with E-state index in [4.69, 9.17) is 6.58 Å². The Morgan fingerprint density at radius 2 is 0.800 bits per heavy atom. The third kappa shape index (κ3) is 532. The molecule has 0 bridgehead atoms. The second-order valence-corrected chi connectivity index (χ2v) is 1.56. The van der Waals surface area contributed by atoms with E-state index in [-0.39, 0.29) is 125 Å². The predicted molar refractivity (Wildman–Crippen MR) is 70.0 cm³/mol. The van der Waals surface area contributed by atoms with Crippen LogP contribution in [-0.2, 0) is 0 Å². The number of hydrogen-bond acceptors (Lipinski definition) is 0. The molecule has 0 aromatic rings. The minimum absolute atomic E-state index is 0. The van der Waals surface area contributed by atoms with Crippen molar-refractivity contribution in [3.8, 4) is 0 Å². The summed E-state index contributed by atoms with van der Waals surface area (Å²) in [5.41, 5.74) is 0. The average molecular weight is 355 g/mol. The maximum atomic E-state index is 4.72. The Hall–Kier alpha value is 2.57. The molecule has 0 radical (unpaired) electrons. The molecule has 0 saturated heterocycles. The van der Waals surface area contributed by atoms with Gasteiger partial charge in [-0.2, -0.15) is 0 Å². The van der Waals surface area contributed by atoms with Gasteiger partial charge in [0.15, 0.2) is 0 Å². The molecule has 0 aliphatic heterocycles. The van der Waals surface area contributed by atoms with Gasteiger partial charge in [0.2, 0.25) is 0 Å². The first-order valence-corrected chi connectivity index (χ1v) is 3.87. The van der Waals surface area contributed by atoms with Crippen molar-refractivity contribution in [2.45, 2.75) is 35.1 Å². The number of rotatable bonds is 0. The maximum Gasteiger partial charge on any atom is 1.00 e. The van der Waals surface area contributed by atoms with E-state index in [0.717, 1.165) is 0 Å². The van der Waals surface area contributed by atoms with E-state index in [1.165, 1.54) is 6.08 Å². The summed E-state index contributed by atoms with van der Waals surface area (Å²) in [5.74, 6) is 0. The Labute approximate surface area is 198 Å². The van der Waals surface area contributed by atoms with Crippen LogP contribution in [0.4, 0.5) is 0 Å². The van der Waals surface area contributed by atoms with Gasteiger partial charge in [-0.1, -0.05) is 32.6 Å². The molecule has 0 nitrogen and oxygen atoms in total. The molecule has 0 N–H and O–H groups in total. The van der Waals surface area contributed by atoms with E-state index in [1.54, 1.807) is 25.2 Å².